The van der Waals surface area contributed by atoms with Crippen LogP contribution in [0.2, 0.25) is 0 Å². The highest BCUT2D eigenvalue weighted by molar-refractivity contribution is 5.90. The van der Waals surface area contributed by atoms with Crippen molar-refractivity contribution in [1.82, 2.24) is 20.6 Å². The maximum absolute atomic E-state index is 13.4. The van der Waals surface area contributed by atoms with Gasteiger partial charge in [0.1, 0.15) is 34.7 Å². The Morgan fingerprint density at radius 2 is 1.76 bits per heavy atom. The lowest BCUT2D eigenvalue weighted by molar-refractivity contribution is -0.138. The van der Waals surface area contributed by atoms with Crippen LogP contribution >= 0.6 is 0 Å². The van der Waals surface area contributed by atoms with Crippen LogP contribution in [-0.4, -0.2) is 47.8 Å². The molecular weight excluding hydrogens is 509 g/mol. The summed E-state index contributed by atoms with van der Waals surface area (Å²) < 4.78 is 61.1. The van der Waals surface area contributed by atoms with E-state index in [0.29, 0.717) is 5.56 Å². The van der Waals surface area contributed by atoms with E-state index in [9.17, 15) is 22.8 Å². The molecule has 0 spiro atoms. The van der Waals surface area contributed by atoms with E-state index < -0.39 is 29.3 Å². The number of ether oxygens (including phenoxy) is 4. The summed E-state index contributed by atoms with van der Waals surface area (Å²) in [6.07, 6.45) is -1.38. The molecule has 4 rings (SSSR count). The van der Waals surface area contributed by atoms with E-state index >= 15 is 0 Å². The predicted molar refractivity (Wildman–Crippen MR) is 126 cm³/mol. The van der Waals surface area contributed by atoms with Gasteiger partial charge in [0.05, 0.1) is 26.1 Å². The molecule has 3 aromatic rings. The van der Waals surface area contributed by atoms with E-state index in [4.69, 9.17) is 18.9 Å². The molecule has 1 saturated heterocycles. The maximum atomic E-state index is 13.4. The number of alkyl halides is 3. The highest BCUT2D eigenvalue weighted by Gasteiger charge is 2.44. The highest BCUT2D eigenvalue weighted by Crippen LogP contribution is 2.40. The third kappa shape index (κ3) is 6.48. The number of rotatable bonds is 8. The van der Waals surface area contributed by atoms with Crippen molar-refractivity contribution in [2.45, 2.75) is 24.7 Å². The van der Waals surface area contributed by atoms with Crippen LogP contribution in [0.15, 0.2) is 61.2 Å². The minimum atomic E-state index is -4.64. The summed E-state index contributed by atoms with van der Waals surface area (Å²) >= 11 is 0. The summed E-state index contributed by atoms with van der Waals surface area (Å²) in [5.41, 5.74) is -1.66. The molecule has 10 nitrogen and oxygen atoms in total. The van der Waals surface area contributed by atoms with Crippen LogP contribution in [0.1, 0.15) is 17.5 Å². The smallest absolute Gasteiger partial charge is 0.420 e. The van der Waals surface area contributed by atoms with Crippen molar-refractivity contribution in [1.29, 1.82) is 0 Å². The van der Waals surface area contributed by atoms with Crippen molar-refractivity contribution in [3.8, 4) is 23.0 Å². The first-order chi connectivity index (χ1) is 18.2. The molecule has 1 aliphatic rings. The van der Waals surface area contributed by atoms with Crippen molar-refractivity contribution < 1.29 is 41.7 Å². The summed E-state index contributed by atoms with van der Waals surface area (Å²) in [4.78, 5) is 32.8. The Bertz CT molecular complexity index is 1270. The quantitative estimate of drug-likeness (QED) is 0.449. The molecule has 38 heavy (non-hydrogen) atoms. The second-order valence-electron chi connectivity index (χ2n) is 8.26. The zero-order valence-electron chi connectivity index (χ0n) is 20.1. The zero-order valence-corrected chi connectivity index (χ0v) is 20.1. The van der Waals surface area contributed by atoms with Gasteiger partial charge in [-0.2, -0.15) is 13.2 Å². The summed E-state index contributed by atoms with van der Waals surface area (Å²) in [5, 5.41) is 5.31. The Labute approximate surface area is 215 Å². The molecule has 1 atom stereocenters. The second kappa shape index (κ2) is 11.3. The van der Waals surface area contributed by atoms with Crippen LogP contribution in [0.4, 0.5) is 18.0 Å². The SMILES string of the molecule is COc1ccc(Oc2ccc(CNC(=O)[C@]3(NC(=O)Oc4cncnc4)CCOC3)cc2)c(C(F)(F)F)c1. The van der Waals surface area contributed by atoms with Crippen LogP contribution in [-0.2, 0) is 22.3 Å². The predicted octanol–water partition coefficient (Wildman–Crippen LogP) is 3.86. The molecule has 0 unspecified atom stereocenters. The summed E-state index contributed by atoms with van der Waals surface area (Å²) in [6, 6.07) is 9.58. The Morgan fingerprint density at radius 1 is 1.05 bits per heavy atom. The largest absolute Gasteiger partial charge is 0.497 e. The Hall–Kier alpha value is -4.39. The number of benzene rings is 2. The number of carbonyl (C=O) groups excluding carboxylic acids is 2. The fraction of sp³-hybridized carbons (Fsp3) is 0.280. The molecule has 2 aromatic carbocycles. The number of methoxy groups -OCH3 is 1. The maximum Gasteiger partial charge on any atom is 0.420 e. The van der Waals surface area contributed by atoms with Gasteiger partial charge in [0.25, 0.3) is 0 Å². The lowest BCUT2D eigenvalue weighted by Gasteiger charge is -2.27. The molecule has 1 aromatic heterocycles. The molecule has 200 valence electrons. The Kier molecular flexibility index (Phi) is 7.96. The van der Waals surface area contributed by atoms with E-state index in [1.807, 2.05) is 0 Å². The number of halogens is 3. The fourth-order valence-corrected chi connectivity index (χ4v) is 3.67. The monoisotopic (exact) mass is 532 g/mol. The molecule has 13 heteroatoms. The van der Waals surface area contributed by atoms with Gasteiger partial charge in [0, 0.05) is 19.6 Å². The van der Waals surface area contributed by atoms with Gasteiger partial charge in [-0.05, 0) is 35.9 Å². The van der Waals surface area contributed by atoms with Crippen LogP contribution < -0.4 is 24.8 Å². The van der Waals surface area contributed by atoms with Crippen LogP contribution in [0.5, 0.6) is 23.0 Å². The standard InChI is InChI=1S/C25H23F3N4O6/c1-35-18-6-7-21(20(10-18)25(26,27)28)37-17-4-2-16(3-5-17)11-31-22(33)24(8-9-36-14-24)32-23(34)38-19-12-29-15-30-13-19/h2-7,10,12-13,15H,8-9,11,14H2,1H3,(H,31,33)(H,32,34)/t24-/m0/s1. The molecule has 0 bridgehead atoms. The lowest BCUT2D eigenvalue weighted by Crippen LogP contribution is -2.59. The average Bonchev–Trinajstić information content (AvgIpc) is 3.37. The summed E-state index contributed by atoms with van der Waals surface area (Å²) in [7, 11) is 1.27. The number of hydrogen-bond acceptors (Lipinski definition) is 8. The first-order valence-electron chi connectivity index (χ1n) is 11.3. The first kappa shape index (κ1) is 26.7. The van der Waals surface area contributed by atoms with E-state index in [2.05, 4.69) is 20.6 Å². The molecule has 0 radical (unpaired) electrons. The fourth-order valence-electron chi connectivity index (χ4n) is 3.67. The Balaban J connectivity index is 1.37. The van der Waals surface area contributed by atoms with Crippen molar-refractivity contribution >= 4 is 12.0 Å². The normalized spacial score (nSPS) is 16.9. The minimum absolute atomic E-state index is 0.0462. The van der Waals surface area contributed by atoms with Gasteiger partial charge in [-0.25, -0.2) is 14.8 Å². The van der Waals surface area contributed by atoms with Crippen LogP contribution in [0, 0.1) is 0 Å². The summed E-state index contributed by atoms with van der Waals surface area (Å²) in [6.45, 7) is 0.301. The lowest BCUT2D eigenvalue weighted by atomic mass is 9.97. The molecular formula is C25H23F3N4O6. The van der Waals surface area contributed by atoms with E-state index in [1.54, 1.807) is 12.1 Å². The van der Waals surface area contributed by atoms with Crippen molar-refractivity contribution in [2.24, 2.45) is 0 Å². The number of nitrogens with zero attached hydrogens (tertiary/aromatic N) is 2. The number of nitrogens with one attached hydrogen (secondary N) is 2. The zero-order chi connectivity index (χ0) is 27.2. The number of carbonyl (C=O) groups is 2. The summed E-state index contributed by atoms with van der Waals surface area (Å²) in [5.74, 6) is -0.519. The Morgan fingerprint density at radius 3 is 2.39 bits per heavy atom. The van der Waals surface area contributed by atoms with Gasteiger partial charge in [-0.15, -0.1) is 0 Å². The van der Waals surface area contributed by atoms with E-state index in [1.165, 1.54) is 50.1 Å². The van der Waals surface area contributed by atoms with E-state index in [-0.39, 0.29) is 49.2 Å². The van der Waals surface area contributed by atoms with Crippen LogP contribution in [0.25, 0.3) is 0 Å². The first-order valence-corrected chi connectivity index (χ1v) is 11.3. The number of aromatic nitrogens is 2. The van der Waals surface area contributed by atoms with Gasteiger partial charge >= 0.3 is 12.3 Å². The third-order valence-corrected chi connectivity index (χ3v) is 5.64. The van der Waals surface area contributed by atoms with Gasteiger partial charge in [0.15, 0.2) is 5.75 Å². The number of hydrogen-bond donors (Lipinski definition) is 2. The van der Waals surface area contributed by atoms with Crippen molar-refractivity contribution in [2.75, 3.05) is 20.3 Å². The molecule has 2 amide bonds. The van der Waals surface area contributed by atoms with Gasteiger partial charge < -0.3 is 29.6 Å². The molecule has 0 aliphatic carbocycles. The van der Waals surface area contributed by atoms with Crippen LogP contribution in [0.3, 0.4) is 0 Å². The van der Waals surface area contributed by atoms with Gasteiger partial charge in [0.2, 0.25) is 5.91 Å². The number of amides is 2. The average molecular weight is 532 g/mol. The molecule has 0 saturated carbocycles. The molecule has 2 heterocycles. The molecule has 1 fully saturated rings. The third-order valence-electron chi connectivity index (χ3n) is 5.64. The molecule has 1 aliphatic heterocycles. The molecule has 2 N–H and O–H groups in total. The van der Waals surface area contributed by atoms with Crippen molar-refractivity contribution in [3.63, 3.8) is 0 Å². The van der Waals surface area contributed by atoms with Gasteiger partial charge in [-0.1, -0.05) is 12.1 Å². The highest BCUT2D eigenvalue weighted by atomic mass is 19.4. The van der Waals surface area contributed by atoms with E-state index in [0.717, 1.165) is 6.07 Å². The van der Waals surface area contributed by atoms with Gasteiger partial charge in [-0.3, -0.25) is 4.79 Å². The van der Waals surface area contributed by atoms with Crippen molar-refractivity contribution in [3.05, 3.63) is 72.3 Å². The minimum Gasteiger partial charge on any atom is -0.497 e. The topological polar surface area (TPSA) is 121 Å². The second-order valence-corrected chi connectivity index (χ2v) is 8.26.